The Kier molecular flexibility index (Phi) is 7.40. The molecule has 1 aliphatic heterocycles. The fourth-order valence-electron chi connectivity index (χ4n) is 5.35. The van der Waals surface area contributed by atoms with Crippen LogP contribution in [-0.4, -0.2) is 41.2 Å². The van der Waals surface area contributed by atoms with Crippen LogP contribution in [0.2, 0.25) is 10.0 Å². The molecular formula is C29H29Cl2N3O3. The van der Waals surface area contributed by atoms with Gasteiger partial charge in [0.15, 0.2) is 0 Å². The molecule has 0 spiro atoms. The minimum Gasteiger partial charge on any atom is -0.352 e. The summed E-state index contributed by atoms with van der Waals surface area (Å²) in [6, 6.07) is 15.8. The molecule has 6 nitrogen and oxygen atoms in total. The number of amides is 3. The summed E-state index contributed by atoms with van der Waals surface area (Å²) in [6.07, 6.45) is 5.26. The predicted molar refractivity (Wildman–Crippen MR) is 147 cm³/mol. The first-order valence-corrected chi connectivity index (χ1v) is 13.5. The van der Waals surface area contributed by atoms with Crippen LogP contribution in [0.5, 0.6) is 0 Å². The number of hydrogen-bond donors (Lipinski definition) is 1. The Morgan fingerprint density at radius 3 is 2.49 bits per heavy atom. The van der Waals surface area contributed by atoms with E-state index in [2.05, 4.69) is 5.32 Å². The van der Waals surface area contributed by atoms with E-state index in [1.807, 2.05) is 30.3 Å². The van der Waals surface area contributed by atoms with Crippen molar-refractivity contribution in [2.45, 2.75) is 57.7 Å². The lowest BCUT2D eigenvalue weighted by atomic mass is 9.95. The number of carbonyl (C=O) groups is 3. The third-order valence-electron chi connectivity index (χ3n) is 7.40. The van der Waals surface area contributed by atoms with Crippen molar-refractivity contribution < 1.29 is 14.4 Å². The molecule has 37 heavy (non-hydrogen) atoms. The summed E-state index contributed by atoms with van der Waals surface area (Å²) >= 11 is 12.3. The maximum atomic E-state index is 13.8. The van der Waals surface area contributed by atoms with Crippen LogP contribution in [-0.2, 0) is 16.1 Å². The van der Waals surface area contributed by atoms with Crippen LogP contribution in [0.25, 0.3) is 10.8 Å². The summed E-state index contributed by atoms with van der Waals surface area (Å²) < 4.78 is 0. The number of hydrogen-bond acceptors (Lipinski definition) is 3. The van der Waals surface area contributed by atoms with Crippen molar-refractivity contribution in [3.8, 4) is 0 Å². The molecule has 8 heteroatoms. The van der Waals surface area contributed by atoms with Crippen molar-refractivity contribution in [1.82, 2.24) is 10.2 Å². The maximum absolute atomic E-state index is 13.8. The van der Waals surface area contributed by atoms with E-state index in [-0.39, 0.29) is 36.9 Å². The molecule has 1 atom stereocenters. The molecule has 1 heterocycles. The van der Waals surface area contributed by atoms with Gasteiger partial charge in [0.1, 0.15) is 12.6 Å². The number of anilines is 1. The summed E-state index contributed by atoms with van der Waals surface area (Å²) in [5.74, 6) is -0.733. The molecule has 0 bridgehead atoms. The Labute approximate surface area is 226 Å². The van der Waals surface area contributed by atoms with Gasteiger partial charge in [-0.15, -0.1) is 0 Å². The highest BCUT2D eigenvalue weighted by Crippen LogP contribution is 2.37. The molecule has 0 aromatic heterocycles. The quantitative estimate of drug-likeness (QED) is 0.403. The molecule has 3 amide bonds. The van der Waals surface area contributed by atoms with Gasteiger partial charge < -0.3 is 10.2 Å². The van der Waals surface area contributed by atoms with Crippen LogP contribution in [0, 0.1) is 0 Å². The van der Waals surface area contributed by atoms with Gasteiger partial charge in [0, 0.05) is 23.5 Å². The van der Waals surface area contributed by atoms with Crippen molar-refractivity contribution in [1.29, 1.82) is 0 Å². The van der Waals surface area contributed by atoms with E-state index in [1.165, 1.54) is 16.2 Å². The molecule has 3 aromatic rings. The van der Waals surface area contributed by atoms with Crippen LogP contribution >= 0.6 is 23.2 Å². The molecule has 3 aromatic carbocycles. The summed E-state index contributed by atoms with van der Waals surface area (Å²) in [4.78, 5) is 43.4. The highest BCUT2D eigenvalue weighted by molar-refractivity contribution is 6.42. The normalized spacial score (nSPS) is 16.2. The van der Waals surface area contributed by atoms with Crippen LogP contribution in [0.15, 0.2) is 54.6 Å². The van der Waals surface area contributed by atoms with Gasteiger partial charge in [-0.25, -0.2) is 0 Å². The van der Waals surface area contributed by atoms with Crippen LogP contribution in [0.1, 0.15) is 54.9 Å². The van der Waals surface area contributed by atoms with Gasteiger partial charge in [-0.3, -0.25) is 19.3 Å². The molecule has 1 fully saturated rings. The third-order valence-corrected chi connectivity index (χ3v) is 8.14. The molecule has 0 saturated heterocycles. The van der Waals surface area contributed by atoms with E-state index in [0.717, 1.165) is 42.0 Å². The molecule has 2 aliphatic rings. The lowest BCUT2D eigenvalue weighted by Gasteiger charge is -2.32. The number of rotatable bonds is 7. The Morgan fingerprint density at radius 1 is 1.03 bits per heavy atom. The lowest BCUT2D eigenvalue weighted by Crippen LogP contribution is -2.52. The highest BCUT2D eigenvalue weighted by atomic mass is 35.5. The first-order valence-electron chi connectivity index (χ1n) is 12.7. The summed E-state index contributed by atoms with van der Waals surface area (Å²) in [6.45, 7) is 1.72. The van der Waals surface area contributed by atoms with E-state index < -0.39 is 6.04 Å². The molecular weight excluding hydrogens is 509 g/mol. The van der Waals surface area contributed by atoms with E-state index in [1.54, 1.807) is 31.2 Å². The molecule has 0 radical (unpaired) electrons. The molecule has 1 N–H and O–H groups in total. The fourth-order valence-corrected chi connectivity index (χ4v) is 5.67. The zero-order valence-corrected chi connectivity index (χ0v) is 22.2. The van der Waals surface area contributed by atoms with Gasteiger partial charge in [0.2, 0.25) is 11.8 Å². The monoisotopic (exact) mass is 537 g/mol. The van der Waals surface area contributed by atoms with Crippen molar-refractivity contribution in [2.75, 3.05) is 11.4 Å². The maximum Gasteiger partial charge on any atom is 0.259 e. The number of nitrogens with one attached hydrogen (secondary N) is 1. The standard InChI is InChI=1S/C29H29Cl2N3O3/c1-18(28(36)32-21-9-3-2-4-10-21)33(16-19-13-14-23(30)24(31)15-19)26(35)17-34-25-12-6-8-20-7-5-11-22(27(20)25)29(34)37/h5-8,11-15,18,21H,2-4,9-10,16-17H2,1H3,(H,32,36)/t18-/m0/s1. The summed E-state index contributed by atoms with van der Waals surface area (Å²) in [7, 11) is 0. The van der Waals surface area contributed by atoms with Crippen LogP contribution < -0.4 is 10.2 Å². The van der Waals surface area contributed by atoms with Crippen LogP contribution in [0.4, 0.5) is 5.69 Å². The van der Waals surface area contributed by atoms with Gasteiger partial charge in [0.05, 0.1) is 15.7 Å². The van der Waals surface area contributed by atoms with Gasteiger partial charge >= 0.3 is 0 Å². The predicted octanol–water partition coefficient (Wildman–Crippen LogP) is 5.97. The van der Waals surface area contributed by atoms with Crippen molar-refractivity contribution in [2.24, 2.45) is 0 Å². The molecule has 1 aliphatic carbocycles. The minimum atomic E-state index is -0.736. The van der Waals surface area contributed by atoms with Gasteiger partial charge in [-0.2, -0.15) is 0 Å². The van der Waals surface area contributed by atoms with Crippen molar-refractivity contribution in [3.05, 3.63) is 75.8 Å². The van der Waals surface area contributed by atoms with E-state index in [4.69, 9.17) is 23.2 Å². The average molecular weight is 538 g/mol. The second-order valence-electron chi connectivity index (χ2n) is 9.86. The lowest BCUT2D eigenvalue weighted by molar-refractivity contribution is -0.139. The smallest absolute Gasteiger partial charge is 0.259 e. The topological polar surface area (TPSA) is 69.7 Å². The Hall–Kier alpha value is -3.09. The molecule has 1 saturated carbocycles. The second-order valence-corrected chi connectivity index (χ2v) is 10.7. The fraction of sp³-hybridized carbons (Fsp3) is 0.345. The van der Waals surface area contributed by atoms with Crippen LogP contribution in [0.3, 0.4) is 0 Å². The Balaban J connectivity index is 1.40. The third kappa shape index (κ3) is 5.18. The molecule has 5 rings (SSSR count). The number of halogens is 2. The summed E-state index contributed by atoms with van der Waals surface area (Å²) in [5, 5.41) is 5.73. The van der Waals surface area contributed by atoms with Gasteiger partial charge in [0.25, 0.3) is 5.91 Å². The van der Waals surface area contributed by atoms with Gasteiger partial charge in [-0.05, 0) is 55.0 Å². The van der Waals surface area contributed by atoms with E-state index in [0.29, 0.717) is 21.3 Å². The first-order chi connectivity index (χ1) is 17.8. The molecule has 0 unspecified atom stereocenters. The average Bonchev–Trinajstić information content (AvgIpc) is 3.17. The van der Waals surface area contributed by atoms with E-state index >= 15 is 0 Å². The number of nitrogens with zero attached hydrogens (tertiary/aromatic N) is 2. The van der Waals surface area contributed by atoms with Crippen molar-refractivity contribution >= 4 is 57.4 Å². The second kappa shape index (κ2) is 10.7. The summed E-state index contributed by atoms with van der Waals surface area (Å²) in [5.41, 5.74) is 2.04. The number of carbonyl (C=O) groups excluding carboxylic acids is 3. The van der Waals surface area contributed by atoms with E-state index in [9.17, 15) is 14.4 Å². The Bertz CT molecular complexity index is 1360. The number of benzene rings is 3. The van der Waals surface area contributed by atoms with Crippen molar-refractivity contribution in [3.63, 3.8) is 0 Å². The largest absolute Gasteiger partial charge is 0.352 e. The Morgan fingerprint density at radius 2 is 1.76 bits per heavy atom. The SMILES string of the molecule is C[C@@H](C(=O)NC1CCCCC1)N(Cc1ccc(Cl)c(Cl)c1)C(=O)CN1C(=O)c2cccc3cccc1c23. The minimum absolute atomic E-state index is 0.123. The van der Waals surface area contributed by atoms with Gasteiger partial charge in [-0.1, -0.05) is 72.8 Å². The zero-order valence-electron chi connectivity index (χ0n) is 20.7. The first kappa shape index (κ1) is 25.6. The zero-order chi connectivity index (χ0) is 26.1. The highest BCUT2D eigenvalue weighted by Gasteiger charge is 2.34. The molecule has 192 valence electrons.